The van der Waals surface area contributed by atoms with Gasteiger partial charge in [0.1, 0.15) is 5.69 Å². The molecule has 0 atom stereocenters. The fourth-order valence-corrected chi connectivity index (χ4v) is 1.35. The highest BCUT2D eigenvalue weighted by molar-refractivity contribution is 5.91. The van der Waals surface area contributed by atoms with Crippen molar-refractivity contribution in [2.24, 2.45) is 0 Å². The minimum absolute atomic E-state index is 0.162. The largest absolute Gasteiger partial charge is 0.416 e. The SMILES string of the molecule is CC(=O)c1cn(-c2ccc(C(F)(F)F)cc2)nn1. The number of hydrogen-bond acceptors (Lipinski definition) is 3. The van der Waals surface area contributed by atoms with Crippen LogP contribution in [0.4, 0.5) is 13.2 Å². The number of aromatic nitrogens is 3. The highest BCUT2D eigenvalue weighted by Gasteiger charge is 2.30. The van der Waals surface area contributed by atoms with Crippen molar-refractivity contribution in [2.75, 3.05) is 0 Å². The lowest BCUT2D eigenvalue weighted by Gasteiger charge is -2.06. The lowest BCUT2D eigenvalue weighted by Crippen LogP contribution is -2.05. The third-order valence-electron chi connectivity index (χ3n) is 2.31. The van der Waals surface area contributed by atoms with Crippen LogP contribution in [0.5, 0.6) is 0 Å². The number of benzene rings is 1. The number of ketones is 1. The second-order valence-corrected chi connectivity index (χ2v) is 3.65. The Morgan fingerprint density at radius 1 is 1.22 bits per heavy atom. The van der Waals surface area contributed by atoms with Gasteiger partial charge in [-0.2, -0.15) is 13.2 Å². The van der Waals surface area contributed by atoms with Crippen molar-refractivity contribution >= 4 is 5.78 Å². The highest BCUT2D eigenvalue weighted by Crippen LogP contribution is 2.29. The van der Waals surface area contributed by atoms with Crippen LogP contribution in [-0.2, 0) is 6.18 Å². The van der Waals surface area contributed by atoms with E-state index in [4.69, 9.17) is 0 Å². The fraction of sp³-hybridized carbons (Fsp3) is 0.182. The minimum atomic E-state index is -4.37. The van der Waals surface area contributed by atoms with E-state index in [0.29, 0.717) is 5.69 Å². The summed E-state index contributed by atoms with van der Waals surface area (Å²) in [6.07, 6.45) is -3.00. The molecular formula is C11H8F3N3O. The normalized spacial score (nSPS) is 11.6. The molecule has 2 rings (SSSR count). The van der Waals surface area contributed by atoms with E-state index in [1.807, 2.05) is 0 Å². The predicted molar refractivity (Wildman–Crippen MR) is 56.4 cm³/mol. The van der Waals surface area contributed by atoms with Crippen LogP contribution >= 0.6 is 0 Å². The number of Topliss-reactive ketones (excluding diaryl/α,β-unsaturated/α-hetero) is 1. The Labute approximate surface area is 100 Å². The number of rotatable bonds is 2. The molecule has 0 spiro atoms. The van der Waals surface area contributed by atoms with E-state index in [9.17, 15) is 18.0 Å². The first-order valence-corrected chi connectivity index (χ1v) is 4.99. The van der Waals surface area contributed by atoms with Gasteiger partial charge in [0, 0.05) is 6.92 Å². The van der Waals surface area contributed by atoms with E-state index in [0.717, 1.165) is 12.1 Å². The first-order valence-electron chi connectivity index (χ1n) is 4.99. The van der Waals surface area contributed by atoms with E-state index in [2.05, 4.69) is 10.3 Å². The molecule has 0 saturated heterocycles. The molecule has 0 aliphatic rings. The molecule has 0 fully saturated rings. The molecule has 4 nitrogen and oxygen atoms in total. The van der Waals surface area contributed by atoms with Crippen molar-refractivity contribution in [3.63, 3.8) is 0 Å². The average Bonchev–Trinajstić information content (AvgIpc) is 2.77. The summed E-state index contributed by atoms with van der Waals surface area (Å²) in [6.45, 7) is 1.33. The Hall–Kier alpha value is -2.18. The van der Waals surface area contributed by atoms with Crippen molar-refractivity contribution < 1.29 is 18.0 Å². The number of alkyl halides is 3. The van der Waals surface area contributed by atoms with E-state index in [1.165, 1.54) is 29.9 Å². The molecule has 2 aromatic rings. The molecule has 1 aromatic heterocycles. The summed E-state index contributed by atoms with van der Waals surface area (Å²) in [5.41, 5.74) is -0.170. The first kappa shape index (κ1) is 12.3. The topological polar surface area (TPSA) is 47.8 Å². The molecule has 18 heavy (non-hydrogen) atoms. The molecule has 1 heterocycles. The average molecular weight is 255 g/mol. The van der Waals surface area contributed by atoms with Crippen LogP contribution in [0.2, 0.25) is 0 Å². The molecule has 0 aliphatic carbocycles. The van der Waals surface area contributed by atoms with Gasteiger partial charge >= 0.3 is 6.18 Å². The summed E-state index contributed by atoms with van der Waals surface area (Å²) in [5, 5.41) is 7.27. The van der Waals surface area contributed by atoms with E-state index < -0.39 is 11.7 Å². The van der Waals surface area contributed by atoms with Gasteiger partial charge in [0.15, 0.2) is 5.78 Å². The van der Waals surface area contributed by atoms with Crippen LogP contribution in [0.15, 0.2) is 30.5 Å². The fourth-order valence-electron chi connectivity index (χ4n) is 1.35. The van der Waals surface area contributed by atoms with Gasteiger partial charge in [-0.3, -0.25) is 4.79 Å². The van der Waals surface area contributed by atoms with Gasteiger partial charge in [-0.05, 0) is 24.3 Å². The van der Waals surface area contributed by atoms with E-state index in [-0.39, 0.29) is 11.5 Å². The smallest absolute Gasteiger partial charge is 0.293 e. The second kappa shape index (κ2) is 4.25. The highest BCUT2D eigenvalue weighted by atomic mass is 19.4. The third-order valence-corrected chi connectivity index (χ3v) is 2.31. The maximum atomic E-state index is 12.4. The number of carbonyl (C=O) groups excluding carboxylic acids is 1. The van der Waals surface area contributed by atoms with Gasteiger partial charge in [-0.15, -0.1) is 5.10 Å². The van der Waals surface area contributed by atoms with Crippen molar-refractivity contribution in [3.05, 3.63) is 41.7 Å². The molecule has 0 radical (unpaired) electrons. The number of hydrogen-bond donors (Lipinski definition) is 0. The van der Waals surface area contributed by atoms with Crippen LogP contribution in [-0.4, -0.2) is 20.8 Å². The third kappa shape index (κ3) is 2.39. The Kier molecular flexibility index (Phi) is 2.90. The van der Waals surface area contributed by atoms with Crippen molar-refractivity contribution in [1.29, 1.82) is 0 Å². The van der Waals surface area contributed by atoms with Gasteiger partial charge in [-0.25, -0.2) is 4.68 Å². The Morgan fingerprint density at radius 2 is 1.83 bits per heavy atom. The zero-order valence-electron chi connectivity index (χ0n) is 9.27. The van der Waals surface area contributed by atoms with Crippen LogP contribution in [0, 0.1) is 0 Å². The molecule has 0 aliphatic heterocycles. The standard InChI is InChI=1S/C11H8F3N3O/c1-7(18)10-6-17(16-15-10)9-4-2-8(3-5-9)11(12,13)14/h2-6H,1H3. The van der Waals surface area contributed by atoms with Gasteiger partial charge in [0.05, 0.1) is 17.4 Å². The summed E-state index contributed by atoms with van der Waals surface area (Å²) in [7, 11) is 0. The van der Waals surface area contributed by atoms with Crippen molar-refractivity contribution in [1.82, 2.24) is 15.0 Å². The molecule has 1 aromatic carbocycles. The summed E-state index contributed by atoms with van der Waals surface area (Å²) in [5.74, 6) is -0.256. The lowest BCUT2D eigenvalue weighted by molar-refractivity contribution is -0.137. The van der Waals surface area contributed by atoms with Gasteiger partial charge in [-0.1, -0.05) is 5.21 Å². The maximum Gasteiger partial charge on any atom is 0.416 e. The van der Waals surface area contributed by atoms with Gasteiger partial charge < -0.3 is 0 Å². The number of carbonyl (C=O) groups is 1. The van der Waals surface area contributed by atoms with Gasteiger partial charge in [0.25, 0.3) is 0 Å². The zero-order valence-corrected chi connectivity index (χ0v) is 9.27. The molecule has 0 bridgehead atoms. The second-order valence-electron chi connectivity index (χ2n) is 3.65. The van der Waals surface area contributed by atoms with Crippen LogP contribution in [0.1, 0.15) is 23.0 Å². The molecule has 0 unspecified atom stereocenters. The van der Waals surface area contributed by atoms with Crippen molar-refractivity contribution in [2.45, 2.75) is 13.1 Å². The van der Waals surface area contributed by atoms with Crippen LogP contribution < -0.4 is 0 Å². The summed E-state index contributed by atoms with van der Waals surface area (Å²) >= 11 is 0. The molecule has 0 amide bonds. The van der Waals surface area contributed by atoms with Gasteiger partial charge in [0.2, 0.25) is 0 Å². The molecule has 0 saturated carbocycles. The Bertz CT molecular complexity index is 572. The predicted octanol–water partition coefficient (Wildman–Crippen LogP) is 2.49. The summed E-state index contributed by atoms with van der Waals surface area (Å²) in [4.78, 5) is 11.0. The Balaban J connectivity index is 2.31. The van der Waals surface area contributed by atoms with Crippen LogP contribution in [0.25, 0.3) is 5.69 Å². The van der Waals surface area contributed by atoms with E-state index in [1.54, 1.807) is 0 Å². The number of halogens is 3. The first-order chi connectivity index (χ1) is 8.38. The molecule has 94 valence electrons. The number of nitrogens with zero attached hydrogens (tertiary/aromatic N) is 3. The zero-order chi connectivity index (χ0) is 13.3. The molecular weight excluding hydrogens is 247 g/mol. The summed E-state index contributed by atoms with van der Waals surface area (Å²) < 4.78 is 38.3. The monoisotopic (exact) mass is 255 g/mol. The quantitative estimate of drug-likeness (QED) is 0.774. The molecule has 7 heteroatoms. The van der Waals surface area contributed by atoms with E-state index >= 15 is 0 Å². The minimum Gasteiger partial charge on any atom is -0.293 e. The van der Waals surface area contributed by atoms with Crippen molar-refractivity contribution in [3.8, 4) is 5.69 Å². The summed E-state index contributed by atoms with van der Waals surface area (Å²) in [6, 6.07) is 4.43. The van der Waals surface area contributed by atoms with Crippen LogP contribution in [0.3, 0.4) is 0 Å². The lowest BCUT2D eigenvalue weighted by atomic mass is 10.2. The maximum absolute atomic E-state index is 12.4. The molecule has 0 N–H and O–H groups in total. The Morgan fingerprint density at radius 3 is 2.28 bits per heavy atom.